The predicted octanol–water partition coefficient (Wildman–Crippen LogP) is 2.44. The average Bonchev–Trinajstić information content (AvgIpc) is 2.68. The number of fused-ring (bicyclic) bond motifs is 1. The van der Waals surface area contributed by atoms with Crippen molar-refractivity contribution in [3.8, 4) is 0 Å². The lowest BCUT2D eigenvalue weighted by atomic mass is 10.0. The molecule has 0 atom stereocenters. The number of likely N-dealkylation sites (N-methyl/N-ethyl adjacent to an activating group) is 1. The summed E-state index contributed by atoms with van der Waals surface area (Å²) in [5.41, 5.74) is 1.74. The van der Waals surface area contributed by atoms with Crippen LogP contribution < -0.4 is 15.6 Å². The molecule has 160 valence electrons. The van der Waals surface area contributed by atoms with E-state index in [9.17, 15) is 9.59 Å². The number of morpholine rings is 1. The van der Waals surface area contributed by atoms with Crippen molar-refractivity contribution in [2.45, 2.75) is 6.42 Å². The molecule has 0 radical (unpaired) electrons. The van der Waals surface area contributed by atoms with Crippen molar-refractivity contribution in [3.05, 3.63) is 39.5 Å². The first-order chi connectivity index (χ1) is 13.5. The molecule has 1 fully saturated rings. The van der Waals surface area contributed by atoms with Gasteiger partial charge in [0.05, 0.1) is 18.6 Å². The summed E-state index contributed by atoms with van der Waals surface area (Å²) in [5, 5.41) is 4.05. The second-order valence-electron chi connectivity index (χ2n) is 7.06. The van der Waals surface area contributed by atoms with E-state index < -0.39 is 0 Å². The summed E-state index contributed by atoms with van der Waals surface area (Å²) >= 11 is 3.45. The number of anilines is 1. The number of hydrogen-bond donors (Lipinski definition) is 1. The van der Waals surface area contributed by atoms with Crippen molar-refractivity contribution >= 4 is 55.7 Å². The predicted molar refractivity (Wildman–Crippen MR) is 124 cm³/mol. The molecule has 1 aromatic heterocycles. The quantitative estimate of drug-likeness (QED) is 0.552. The molecule has 1 amide bonds. The Balaban J connectivity index is 0.00000300. The van der Waals surface area contributed by atoms with Crippen LogP contribution in [0.25, 0.3) is 11.0 Å². The van der Waals surface area contributed by atoms with E-state index in [1.165, 1.54) is 6.07 Å². The van der Waals surface area contributed by atoms with Crippen LogP contribution in [-0.2, 0) is 11.2 Å². The summed E-state index contributed by atoms with van der Waals surface area (Å²) in [5.74, 6) is 0.371. The van der Waals surface area contributed by atoms with Gasteiger partial charge in [0.15, 0.2) is 11.3 Å². The molecule has 0 bridgehead atoms. The van der Waals surface area contributed by atoms with Gasteiger partial charge in [-0.05, 0) is 38.2 Å². The minimum Gasteiger partial charge on any atom is -0.440 e. The fourth-order valence-corrected chi connectivity index (χ4v) is 3.60. The molecule has 7 nitrogen and oxygen atoms in total. The number of alkyl halides is 1. The fourth-order valence-electron chi connectivity index (χ4n) is 3.17. The third-order valence-corrected chi connectivity index (χ3v) is 5.08. The zero-order valence-corrected chi connectivity index (χ0v) is 20.0. The smallest absolute Gasteiger partial charge is 0.251 e. The molecule has 0 saturated carbocycles. The average molecular weight is 533 g/mol. The van der Waals surface area contributed by atoms with Gasteiger partial charge in [-0.15, -0.1) is 17.0 Å². The topological polar surface area (TPSA) is 75.0 Å². The van der Waals surface area contributed by atoms with Gasteiger partial charge in [0.25, 0.3) is 5.91 Å². The van der Waals surface area contributed by atoms with Crippen LogP contribution >= 0.6 is 32.9 Å². The molecule has 0 aliphatic carbocycles. The zero-order chi connectivity index (χ0) is 20.1. The molecule has 1 aromatic carbocycles. The maximum atomic E-state index is 12.8. The van der Waals surface area contributed by atoms with E-state index in [1.807, 2.05) is 30.0 Å². The fraction of sp³-hybridized carbons (Fsp3) is 0.500. The molecule has 1 saturated heterocycles. The van der Waals surface area contributed by atoms with Gasteiger partial charge < -0.3 is 24.3 Å². The zero-order valence-electron chi connectivity index (χ0n) is 16.7. The van der Waals surface area contributed by atoms with Crippen molar-refractivity contribution in [3.63, 3.8) is 0 Å². The highest BCUT2D eigenvalue weighted by molar-refractivity contribution is 9.09. The summed E-state index contributed by atoms with van der Waals surface area (Å²) in [4.78, 5) is 29.4. The Morgan fingerprint density at radius 3 is 2.62 bits per heavy atom. The van der Waals surface area contributed by atoms with Crippen LogP contribution in [0.15, 0.2) is 27.4 Å². The number of carbonyl (C=O) groups is 1. The molecule has 1 aliphatic heterocycles. The highest BCUT2D eigenvalue weighted by Crippen LogP contribution is 2.25. The number of nitrogens with one attached hydrogen (secondary N) is 1. The molecule has 2 aromatic rings. The molecule has 0 unspecified atom stereocenters. The SMILES string of the molecule is Br.CN(C)CCNC(=O)c1cc(CCBr)c2oc(N3CCOCC3)cc(=O)c2c1. The number of ether oxygens (including phenoxy) is 1. The van der Waals surface area contributed by atoms with Crippen LogP contribution in [0.4, 0.5) is 5.88 Å². The lowest BCUT2D eigenvalue weighted by Gasteiger charge is -2.27. The molecule has 2 heterocycles. The third kappa shape index (κ3) is 6.04. The molecule has 29 heavy (non-hydrogen) atoms. The Hall–Kier alpha value is -1.42. The Morgan fingerprint density at radius 2 is 1.97 bits per heavy atom. The van der Waals surface area contributed by atoms with Gasteiger partial charge in [0.2, 0.25) is 0 Å². The highest BCUT2D eigenvalue weighted by Gasteiger charge is 2.19. The van der Waals surface area contributed by atoms with Gasteiger partial charge in [-0.25, -0.2) is 0 Å². The van der Waals surface area contributed by atoms with E-state index in [4.69, 9.17) is 9.15 Å². The standard InChI is InChI=1S/C20H26BrN3O4.BrH/c1-23(2)6-5-22-20(26)15-11-14(3-4-21)19-16(12-15)17(25)13-18(28-19)24-7-9-27-10-8-24;/h11-13H,3-10H2,1-2H3,(H,22,26);1H. The Bertz CT molecular complexity index is 895. The van der Waals surface area contributed by atoms with Gasteiger partial charge in [-0.3, -0.25) is 9.59 Å². The largest absolute Gasteiger partial charge is 0.440 e. The molecule has 9 heteroatoms. The van der Waals surface area contributed by atoms with Gasteiger partial charge in [0.1, 0.15) is 5.58 Å². The van der Waals surface area contributed by atoms with Crippen molar-refractivity contribution in [2.24, 2.45) is 0 Å². The number of hydrogen-bond acceptors (Lipinski definition) is 6. The molecular formula is C20H27Br2N3O4. The number of amides is 1. The number of aryl methyl sites for hydroxylation is 1. The number of nitrogens with zero attached hydrogens (tertiary/aromatic N) is 2. The third-order valence-electron chi connectivity index (χ3n) is 4.69. The normalized spacial score (nSPS) is 14.1. The van der Waals surface area contributed by atoms with Crippen molar-refractivity contribution in [2.75, 3.05) is 63.7 Å². The lowest BCUT2D eigenvalue weighted by Crippen LogP contribution is -2.36. The summed E-state index contributed by atoms with van der Waals surface area (Å²) < 4.78 is 11.5. The maximum Gasteiger partial charge on any atom is 0.251 e. The number of rotatable bonds is 7. The second kappa shape index (κ2) is 11.1. The van der Waals surface area contributed by atoms with Crippen LogP contribution in [0, 0.1) is 0 Å². The monoisotopic (exact) mass is 531 g/mol. The molecule has 1 aliphatic rings. The molecule has 3 rings (SSSR count). The maximum absolute atomic E-state index is 12.8. The van der Waals surface area contributed by atoms with Crippen molar-refractivity contribution in [1.82, 2.24) is 10.2 Å². The number of halogens is 2. The van der Waals surface area contributed by atoms with Crippen molar-refractivity contribution in [1.29, 1.82) is 0 Å². The molecular weight excluding hydrogens is 506 g/mol. The van der Waals surface area contributed by atoms with E-state index >= 15 is 0 Å². The van der Waals surface area contributed by atoms with E-state index in [0.29, 0.717) is 67.0 Å². The number of benzene rings is 1. The van der Waals surface area contributed by atoms with Gasteiger partial charge in [-0.1, -0.05) is 15.9 Å². The first-order valence-corrected chi connectivity index (χ1v) is 10.5. The van der Waals surface area contributed by atoms with Crippen LogP contribution in [0.5, 0.6) is 0 Å². The van der Waals surface area contributed by atoms with E-state index in [0.717, 1.165) is 12.1 Å². The Labute approximate surface area is 189 Å². The van der Waals surface area contributed by atoms with Crippen LogP contribution in [0.1, 0.15) is 15.9 Å². The van der Waals surface area contributed by atoms with Crippen LogP contribution in [0.2, 0.25) is 0 Å². The minimum absolute atomic E-state index is 0. The molecule has 0 spiro atoms. The Morgan fingerprint density at radius 1 is 1.24 bits per heavy atom. The van der Waals surface area contributed by atoms with E-state index in [1.54, 1.807) is 6.07 Å². The molecule has 1 N–H and O–H groups in total. The summed E-state index contributed by atoms with van der Waals surface area (Å²) in [7, 11) is 3.90. The summed E-state index contributed by atoms with van der Waals surface area (Å²) in [6.07, 6.45) is 0.658. The summed E-state index contributed by atoms with van der Waals surface area (Å²) in [6, 6.07) is 4.97. The van der Waals surface area contributed by atoms with Crippen LogP contribution in [-0.4, -0.2) is 69.6 Å². The van der Waals surface area contributed by atoms with Gasteiger partial charge in [0, 0.05) is 43.1 Å². The lowest BCUT2D eigenvalue weighted by molar-refractivity contribution is 0.0951. The van der Waals surface area contributed by atoms with Gasteiger partial charge >= 0.3 is 0 Å². The first-order valence-electron chi connectivity index (χ1n) is 9.42. The second-order valence-corrected chi connectivity index (χ2v) is 7.85. The highest BCUT2D eigenvalue weighted by atomic mass is 79.9. The summed E-state index contributed by atoms with van der Waals surface area (Å²) in [6.45, 7) is 3.90. The first kappa shape index (κ1) is 23.9. The Kier molecular flexibility index (Phi) is 9.13. The van der Waals surface area contributed by atoms with Crippen molar-refractivity contribution < 1.29 is 13.9 Å². The number of carbonyl (C=O) groups excluding carboxylic acids is 1. The van der Waals surface area contributed by atoms with Gasteiger partial charge in [-0.2, -0.15) is 0 Å². The minimum atomic E-state index is -0.184. The van der Waals surface area contributed by atoms with Crippen LogP contribution in [0.3, 0.4) is 0 Å². The van der Waals surface area contributed by atoms with E-state index in [-0.39, 0.29) is 28.3 Å². The van der Waals surface area contributed by atoms with E-state index in [2.05, 4.69) is 21.2 Å².